The lowest BCUT2D eigenvalue weighted by atomic mass is 9.92. The predicted octanol–water partition coefficient (Wildman–Crippen LogP) is 4.74. The van der Waals surface area contributed by atoms with Crippen LogP contribution in [0.1, 0.15) is 26.3 Å². The number of hydrogen-bond donors (Lipinski definition) is 4. The minimum Gasteiger partial charge on any atom is -0.478 e. The molecule has 0 radical (unpaired) electrons. The van der Waals surface area contributed by atoms with Gasteiger partial charge in [-0.15, -0.1) is 0 Å². The highest BCUT2D eigenvalue weighted by Gasteiger charge is 2.19. The van der Waals surface area contributed by atoms with Gasteiger partial charge in [-0.2, -0.15) is 0 Å². The zero-order valence-electron chi connectivity index (χ0n) is 16.4. The highest BCUT2D eigenvalue weighted by atomic mass is 16.4. The Morgan fingerprint density at radius 2 is 1.39 bits per heavy atom. The van der Waals surface area contributed by atoms with Crippen LogP contribution in [-0.2, 0) is 0 Å². The number of rotatable bonds is 5. The van der Waals surface area contributed by atoms with Crippen molar-refractivity contribution in [1.29, 1.82) is 5.41 Å². The van der Waals surface area contributed by atoms with Crippen molar-refractivity contribution in [3.8, 4) is 11.1 Å². The van der Waals surface area contributed by atoms with Gasteiger partial charge in [0, 0.05) is 16.8 Å². The van der Waals surface area contributed by atoms with Crippen molar-refractivity contribution in [2.75, 3.05) is 5.32 Å². The third kappa shape index (κ3) is 4.00. The number of nitrogen functional groups attached to an aromatic ring is 1. The molecular weight excluding hydrogens is 390 g/mol. The normalized spacial score (nSPS) is 10.6. The zero-order valence-corrected chi connectivity index (χ0v) is 16.4. The topological polar surface area (TPSA) is 116 Å². The van der Waals surface area contributed by atoms with E-state index in [0.717, 1.165) is 10.8 Å². The SMILES string of the molecule is N=C(N)c1ccc(NC(=O)c2cc3ccccc3cc2-c2ccccc2C(=O)O)cc1. The van der Waals surface area contributed by atoms with Gasteiger partial charge in [0.2, 0.25) is 0 Å². The molecule has 0 aliphatic carbocycles. The molecule has 6 heteroatoms. The highest BCUT2D eigenvalue weighted by Crippen LogP contribution is 2.32. The van der Waals surface area contributed by atoms with Crippen LogP contribution >= 0.6 is 0 Å². The maximum Gasteiger partial charge on any atom is 0.336 e. The van der Waals surface area contributed by atoms with Crippen LogP contribution in [0.15, 0.2) is 84.9 Å². The molecule has 0 fully saturated rings. The Bertz CT molecular complexity index is 1330. The summed E-state index contributed by atoms with van der Waals surface area (Å²) < 4.78 is 0. The number of carbonyl (C=O) groups excluding carboxylic acids is 1. The number of carboxylic acids is 1. The van der Waals surface area contributed by atoms with E-state index >= 15 is 0 Å². The van der Waals surface area contributed by atoms with Crippen LogP contribution in [0.4, 0.5) is 5.69 Å². The van der Waals surface area contributed by atoms with Crippen LogP contribution < -0.4 is 11.1 Å². The van der Waals surface area contributed by atoms with E-state index in [2.05, 4.69) is 5.32 Å². The van der Waals surface area contributed by atoms with Crippen molar-refractivity contribution in [2.45, 2.75) is 0 Å². The number of carboxylic acid groups (broad SMARTS) is 1. The van der Waals surface area contributed by atoms with Gasteiger partial charge in [-0.1, -0.05) is 42.5 Å². The number of amides is 1. The molecule has 0 aliphatic rings. The number of aromatic carboxylic acids is 1. The molecule has 0 atom stereocenters. The molecule has 5 N–H and O–H groups in total. The summed E-state index contributed by atoms with van der Waals surface area (Å²) >= 11 is 0. The van der Waals surface area contributed by atoms with Crippen molar-refractivity contribution in [1.82, 2.24) is 0 Å². The summed E-state index contributed by atoms with van der Waals surface area (Å²) in [5, 5.41) is 21.8. The van der Waals surface area contributed by atoms with Gasteiger partial charge in [-0.25, -0.2) is 4.79 Å². The molecule has 0 spiro atoms. The number of fused-ring (bicyclic) bond motifs is 1. The largest absolute Gasteiger partial charge is 0.478 e. The van der Waals surface area contributed by atoms with Gasteiger partial charge in [0.1, 0.15) is 5.84 Å². The maximum absolute atomic E-state index is 13.2. The van der Waals surface area contributed by atoms with Crippen LogP contribution in [0.2, 0.25) is 0 Å². The van der Waals surface area contributed by atoms with Gasteiger partial charge in [0.05, 0.1) is 5.56 Å². The summed E-state index contributed by atoms with van der Waals surface area (Å²) in [4.78, 5) is 25.0. The first kappa shape index (κ1) is 19.8. The summed E-state index contributed by atoms with van der Waals surface area (Å²) in [7, 11) is 0. The standard InChI is InChI=1S/C25H19N3O3/c26-23(27)15-9-11-18(12-10-15)28-24(29)22-14-17-6-2-1-5-16(17)13-21(22)19-7-3-4-8-20(19)25(30)31/h1-14H,(H3,26,27)(H,28,29)(H,30,31). The minimum atomic E-state index is -1.06. The molecule has 4 aromatic carbocycles. The van der Waals surface area contributed by atoms with E-state index < -0.39 is 5.97 Å². The van der Waals surface area contributed by atoms with Gasteiger partial charge < -0.3 is 16.2 Å². The lowest BCUT2D eigenvalue weighted by Gasteiger charge is -2.14. The van der Waals surface area contributed by atoms with Crippen molar-refractivity contribution in [3.05, 3.63) is 102 Å². The molecule has 31 heavy (non-hydrogen) atoms. The highest BCUT2D eigenvalue weighted by molar-refractivity contribution is 6.13. The summed E-state index contributed by atoms with van der Waals surface area (Å²) in [6, 6.07) is 24.5. The van der Waals surface area contributed by atoms with E-state index in [-0.39, 0.29) is 17.3 Å². The number of carbonyl (C=O) groups is 2. The molecule has 0 heterocycles. The van der Waals surface area contributed by atoms with Crippen LogP contribution in [0.25, 0.3) is 21.9 Å². The van der Waals surface area contributed by atoms with Crippen molar-refractivity contribution in [3.63, 3.8) is 0 Å². The number of hydrogen-bond acceptors (Lipinski definition) is 3. The van der Waals surface area contributed by atoms with Crippen LogP contribution in [0, 0.1) is 5.41 Å². The monoisotopic (exact) mass is 409 g/mol. The van der Waals surface area contributed by atoms with Crippen LogP contribution in [0.3, 0.4) is 0 Å². The lowest BCUT2D eigenvalue weighted by molar-refractivity contribution is 0.0697. The quantitative estimate of drug-likeness (QED) is 0.281. The first-order chi connectivity index (χ1) is 14.9. The Morgan fingerprint density at radius 3 is 2.03 bits per heavy atom. The van der Waals surface area contributed by atoms with E-state index in [9.17, 15) is 14.7 Å². The summed E-state index contributed by atoms with van der Waals surface area (Å²) in [5.41, 5.74) is 8.07. The molecule has 0 aromatic heterocycles. The summed E-state index contributed by atoms with van der Waals surface area (Å²) in [5.74, 6) is -1.48. The molecule has 0 unspecified atom stereocenters. The Hall–Kier alpha value is -4.45. The third-order valence-electron chi connectivity index (χ3n) is 5.03. The first-order valence-corrected chi connectivity index (χ1v) is 9.55. The van der Waals surface area contributed by atoms with Crippen LogP contribution in [0.5, 0.6) is 0 Å². The van der Waals surface area contributed by atoms with Crippen molar-refractivity contribution >= 4 is 34.2 Å². The molecule has 1 amide bonds. The predicted molar refractivity (Wildman–Crippen MR) is 122 cm³/mol. The number of nitrogens with one attached hydrogen (secondary N) is 2. The van der Waals surface area contributed by atoms with Crippen molar-refractivity contribution < 1.29 is 14.7 Å². The number of nitrogens with two attached hydrogens (primary N) is 1. The molecule has 0 saturated carbocycles. The second kappa shape index (κ2) is 8.12. The Balaban J connectivity index is 1.83. The second-order valence-electron chi connectivity index (χ2n) is 7.04. The minimum absolute atomic E-state index is 0.0556. The zero-order chi connectivity index (χ0) is 22.0. The average molecular weight is 409 g/mol. The molecule has 0 aliphatic heterocycles. The van der Waals surface area contributed by atoms with Gasteiger partial charge in [-0.3, -0.25) is 10.2 Å². The fourth-order valence-electron chi connectivity index (χ4n) is 3.49. The lowest BCUT2D eigenvalue weighted by Crippen LogP contribution is -2.15. The first-order valence-electron chi connectivity index (χ1n) is 9.55. The van der Waals surface area contributed by atoms with E-state index in [1.54, 1.807) is 48.5 Å². The average Bonchev–Trinajstić information content (AvgIpc) is 2.78. The van der Waals surface area contributed by atoms with E-state index in [1.807, 2.05) is 30.3 Å². The molecular formula is C25H19N3O3. The van der Waals surface area contributed by atoms with Gasteiger partial charge >= 0.3 is 5.97 Å². The molecule has 4 rings (SSSR count). The number of benzene rings is 4. The van der Waals surface area contributed by atoms with Gasteiger partial charge in [-0.05, 0) is 64.4 Å². The maximum atomic E-state index is 13.2. The van der Waals surface area contributed by atoms with Gasteiger partial charge in [0.15, 0.2) is 0 Å². The Morgan fingerprint density at radius 1 is 0.774 bits per heavy atom. The summed E-state index contributed by atoms with van der Waals surface area (Å²) in [6.45, 7) is 0. The fourth-order valence-corrected chi connectivity index (χ4v) is 3.49. The van der Waals surface area contributed by atoms with E-state index in [0.29, 0.717) is 27.9 Å². The second-order valence-corrected chi connectivity index (χ2v) is 7.04. The Labute approximate surface area is 178 Å². The molecule has 152 valence electrons. The van der Waals surface area contributed by atoms with Crippen LogP contribution in [-0.4, -0.2) is 22.8 Å². The third-order valence-corrected chi connectivity index (χ3v) is 5.03. The fraction of sp³-hybridized carbons (Fsp3) is 0. The molecule has 6 nitrogen and oxygen atoms in total. The van der Waals surface area contributed by atoms with Gasteiger partial charge in [0.25, 0.3) is 5.91 Å². The number of amidine groups is 1. The molecule has 0 bridgehead atoms. The molecule has 4 aromatic rings. The summed E-state index contributed by atoms with van der Waals surface area (Å²) in [6.07, 6.45) is 0. The Kier molecular flexibility index (Phi) is 5.20. The van der Waals surface area contributed by atoms with E-state index in [4.69, 9.17) is 11.1 Å². The number of anilines is 1. The smallest absolute Gasteiger partial charge is 0.336 e. The van der Waals surface area contributed by atoms with E-state index in [1.165, 1.54) is 6.07 Å². The molecule has 0 saturated heterocycles. The van der Waals surface area contributed by atoms with Crippen molar-refractivity contribution in [2.24, 2.45) is 5.73 Å².